The Morgan fingerprint density at radius 2 is 2.14 bits per heavy atom. The molecule has 0 saturated heterocycles. The molecule has 0 saturated carbocycles. The number of pyridine rings is 1. The number of aryl methyl sites for hydroxylation is 1. The van der Waals surface area contributed by atoms with Gasteiger partial charge in [-0.1, -0.05) is 29.8 Å². The van der Waals surface area contributed by atoms with Gasteiger partial charge in [0.1, 0.15) is 5.82 Å². The fourth-order valence-corrected chi connectivity index (χ4v) is 3.47. The highest BCUT2D eigenvalue weighted by atomic mass is 79.9. The van der Waals surface area contributed by atoms with Crippen LogP contribution >= 0.6 is 15.9 Å². The van der Waals surface area contributed by atoms with Crippen LogP contribution in [0.1, 0.15) is 32.5 Å². The predicted molar refractivity (Wildman–Crippen MR) is 113 cm³/mol. The number of carbonyl (C=O) groups excluding carboxylic acids is 1. The third kappa shape index (κ3) is 4.80. The average molecular weight is 452 g/mol. The average Bonchev–Trinajstić information content (AvgIpc) is 3.05. The Morgan fingerprint density at radius 1 is 1.39 bits per heavy atom. The molecular weight excluding hydrogens is 424 g/mol. The van der Waals surface area contributed by atoms with E-state index < -0.39 is 0 Å². The monoisotopic (exact) mass is 451 g/mol. The number of ether oxygens (including phenoxy) is 1. The van der Waals surface area contributed by atoms with Gasteiger partial charge in [0.2, 0.25) is 0 Å². The number of nitrogens with one attached hydrogen (secondary N) is 1. The molecule has 8 heteroatoms. The normalized spacial score (nSPS) is 10.8. The van der Waals surface area contributed by atoms with Gasteiger partial charge < -0.3 is 14.6 Å². The molecule has 0 aliphatic carbocycles. The van der Waals surface area contributed by atoms with Crippen molar-refractivity contribution in [2.45, 2.75) is 39.7 Å². The number of aromatic nitrogens is 3. The number of likely N-dealkylation sites (N-methyl/N-ethyl adjacent to an activating group) is 1. The van der Waals surface area contributed by atoms with E-state index in [0.717, 1.165) is 44.4 Å². The van der Waals surface area contributed by atoms with E-state index in [4.69, 9.17) is 9.72 Å². The number of rotatable bonds is 7. The Kier molecular flexibility index (Phi) is 8.19. The van der Waals surface area contributed by atoms with E-state index in [0.29, 0.717) is 24.9 Å². The van der Waals surface area contributed by atoms with Gasteiger partial charge >= 0.3 is 5.97 Å². The number of benzene rings is 1. The number of fused-ring (bicyclic) bond motifs is 3. The molecule has 1 aromatic carbocycles. The molecule has 2 aromatic heterocycles. The summed E-state index contributed by atoms with van der Waals surface area (Å²) in [7, 11) is 3.30. The molecule has 0 radical (unpaired) electrons. The van der Waals surface area contributed by atoms with Gasteiger partial charge in [-0.25, -0.2) is 4.98 Å². The predicted octanol–water partition coefficient (Wildman–Crippen LogP) is 3.22. The number of hydrogen-bond donors (Lipinski definition) is 2. The van der Waals surface area contributed by atoms with Crippen LogP contribution in [0, 0.1) is 0 Å². The maximum Gasteiger partial charge on any atom is 0.305 e. The van der Waals surface area contributed by atoms with Crippen molar-refractivity contribution in [2.75, 3.05) is 20.7 Å². The van der Waals surface area contributed by atoms with Gasteiger partial charge in [-0.3, -0.25) is 10.0 Å². The molecule has 0 aliphatic rings. The number of halogens is 1. The minimum Gasteiger partial charge on any atom is -0.469 e. The van der Waals surface area contributed by atoms with E-state index in [9.17, 15) is 10.0 Å². The fraction of sp³-hybridized carbons (Fsp3) is 0.450. The first-order chi connectivity index (χ1) is 13.5. The van der Waals surface area contributed by atoms with Gasteiger partial charge in [0, 0.05) is 41.2 Å². The Morgan fingerprint density at radius 3 is 2.82 bits per heavy atom. The Bertz CT molecular complexity index is 956. The molecule has 28 heavy (non-hydrogen) atoms. The molecular formula is C20H28BrN4O3+. The highest BCUT2D eigenvalue weighted by Crippen LogP contribution is 2.26. The standard InChI is InChI=1S/C18H22BrN4O3.C2H6/c1-20-8-7-16-21-14-11-23(25)15-10-12(19)5-6-13(15)18(14)22(16)9-3-4-17(24)26-2;1-2/h5-6,10-11,20,25H,3-4,7-9H2,1-2H3;1-2H3/q+1;. The van der Waals surface area contributed by atoms with Crippen molar-refractivity contribution in [3.05, 3.63) is 34.7 Å². The molecule has 0 bridgehead atoms. The molecule has 3 aromatic rings. The summed E-state index contributed by atoms with van der Waals surface area (Å²) >= 11 is 3.45. The van der Waals surface area contributed by atoms with Crippen molar-refractivity contribution in [2.24, 2.45) is 0 Å². The number of hydrogen-bond acceptors (Lipinski definition) is 5. The lowest BCUT2D eigenvalue weighted by molar-refractivity contribution is -0.883. The minimum atomic E-state index is -0.215. The molecule has 152 valence electrons. The van der Waals surface area contributed by atoms with Crippen LogP contribution in [0.2, 0.25) is 0 Å². The smallest absolute Gasteiger partial charge is 0.305 e. The third-order valence-electron chi connectivity index (χ3n) is 4.37. The van der Waals surface area contributed by atoms with Crippen molar-refractivity contribution in [3.63, 3.8) is 0 Å². The zero-order valence-corrected chi connectivity index (χ0v) is 18.4. The van der Waals surface area contributed by atoms with E-state index >= 15 is 0 Å². The number of methoxy groups -OCH3 is 1. The van der Waals surface area contributed by atoms with Crippen LogP contribution in [-0.2, 0) is 22.5 Å². The van der Waals surface area contributed by atoms with Crippen LogP contribution in [0.25, 0.3) is 21.9 Å². The molecule has 0 spiro atoms. The second kappa shape index (κ2) is 10.4. The van der Waals surface area contributed by atoms with Crippen LogP contribution in [0.4, 0.5) is 0 Å². The summed E-state index contributed by atoms with van der Waals surface area (Å²) in [5.41, 5.74) is 2.39. The first-order valence-corrected chi connectivity index (χ1v) is 10.3. The van der Waals surface area contributed by atoms with Gasteiger partial charge in [-0.05, 0) is 25.6 Å². The molecule has 7 nitrogen and oxygen atoms in total. The number of nitrogens with zero attached hydrogens (tertiary/aromatic N) is 3. The SMILES string of the molecule is CC.CNCCc1nc2c[n+](O)c3cc(Br)ccc3c2n1CCCC(=O)OC. The quantitative estimate of drug-likeness (QED) is 0.327. The van der Waals surface area contributed by atoms with E-state index in [1.165, 1.54) is 7.11 Å². The lowest BCUT2D eigenvalue weighted by Gasteiger charge is -2.09. The van der Waals surface area contributed by atoms with E-state index in [-0.39, 0.29) is 5.97 Å². The van der Waals surface area contributed by atoms with Gasteiger partial charge in [-0.15, -0.1) is 0 Å². The molecule has 0 fully saturated rings. The third-order valence-corrected chi connectivity index (χ3v) is 4.86. The lowest BCUT2D eigenvalue weighted by atomic mass is 10.2. The van der Waals surface area contributed by atoms with Gasteiger partial charge in [0.25, 0.3) is 11.7 Å². The van der Waals surface area contributed by atoms with Crippen molar-refractivity contribution in [1.82, 2.24) is 14.9 Å². The number of imidazole rings is 1. The van der Waals surface area contributed by atoms with Crippen LogP contribution in [0.3, 0.4) is 0 Å². The summed E-state index contributed by atoms with van der Waals surface area (Å²) in [6, 6.07) is 5.78. The zero-order chi connectivity index (χ0) is 20.7. The summed E-state index contributed by atoms with van der Waals surface area (Å²) in [5, 5.41) is 14.4. The van der Waals surface area contributed by atoms with Gasteiger partial charge in [-0.2, -0.15) is 0 Å². The van der Waals surface area contributed by atoms with Crippen LogP contribution in [0.15, 0.2) is 28.9 Å². The second-order valence-electron chi connectivity index (χ2n) is 6.08. The van der Waals surface area contributed by atoms with Crippen LogP contribution < -0.4 is 10.0 Å². The lowest BCUT2D eigenvalue weighted by Crippen LogP contribution is -2.30. The number of esters is 1. The first kappa shape index (κ1) is 22.1. The summed E-state index contributed by atoms with van der Waals surface area (Å²) < 4.78 is 8.88. The highest BCUT2D eigenvalue weighted by Gasteiger charge is 2.21. The van der Waals surface area contributed by atoms with Crippen LogP contribution in [0.5, 0.6) is 0 Å². The summed E-state index contributed by atoms with van der Waals surface area (Å²) in [6.45, 7) is 5.45. The summed E-state index contributed by atoms with van der Waals surface area (Å²) in [6.07, 6.45) is 3.41. The molecule has 2 N–H and O–H groups in total. The second-order valence-corrected chi connectivity index (χ2v) is 7.00. The molecule has 0 unspecified atom stereocenters. The molecule has 2 heterocycles. The van der Waals surface area contributed by atoms with E-state index in [1.54, 1.807) is 6.20 Å². The maximum absolute atomic E-state index is 11.5. The largest absolute Gasteiger partial charge is 0.469 e. The number of carbonyl (C=O) groups is 1. The highest BCUT2D eigenvalue weighted by molar-refractivity contribution is 9.10. The fourth-order valence-electron chi connectivity index (χ4n) is 3.13. The Hall–Kier alpha value is -2.19. The van der Waals surface area contributed by atoms with Crippen molar-refractivity contribution in [3.8, 4) is 0 Å². The van der Waals surface area contributed by atoms with Crippen molar-refractivity contribution in [1.29, 1.82) is 0 Å². The van der Waals surface area contributed by atoms with Crippen molar-refractivity contribution < 1.29 is 19.5 Å². The van der Waals surface area contributed by atoms with Gasteiger partial charge in [0.15, 0.2) is 5.52 Å². The van der Waals surface area contributed by atoms with E-state index in [2.05, 4.69) is 25.8 Å². The summed E-state index contributed by atoms with van der Waals surface area (Å²) in [4.78, 5) is 16.2. The molecule has 3 rings (SSSR count). The summed E-state index contributed by atoms with van der Waals surface area (Å²) in [5.74, 6) is 0.711. The zero-order valence-electron chi connectivity index (χ0n) is 16.8. The van der Waals surface area contributed by atoms with Crippen molar-refractivity contribution >= 4 is 43.8 Å². The maximum atomic E-state index is 11.5. The Labute approximate surface area is 173 Å². The molecule has 0 aliphatic heterocycles. The topological polar surface area (TPSA) is 80.3 Å². The van der Waals surface area contributed by atoms with Gasteiger partial charge in [0.05, 0.1) is 18.0 Å². The molecule has 0 amide bonds. The van der Waals surface area contributed by atoms with Crippen LogP contribution in [-0.4, -0.2) is 41.4 Å². The first-order valence-electron chi connectivity index (χ1n) is 9.49. The Balaban J connectivity index is 0.00000136. The molecule has 0 atom stereocenters. The van der Waals surface area contributed by atoms with E-state index in [1.807, 2.05) is 39.1 Å². The minimum absolute atomic E-state index is 0.215.